The molecule has 0 aliphatic rings. The Kier molecular flexibility index (Phi) is 2.97. The lowest BCUT2D eigenvalue weighted by atomic mass is 10.1. The molecule has 0 amide bonds. The summed E-state index contributed by atoms with van der Waals surface area (Å²) in [4.78, 5) is 20.6. The molecule has 7 heteroatoms. The smallest absolute Gasteiger partial charge is 0.342 e. The van der Waals surface area contributed by atoms with Gasteiger partial charge in [0.25, 0.3) is 5.69 Å². The highest BCUT2D eigenvalue weighted by Gasteiger charge is 2.22. The van der Waals surface area contributed by atoms with Crippen LogP contribution in [-0.4, -0.2) is 22.2 Å². The minimum Gasteiger partial charge on any atom is -0.477 e. The van der Waals surface area contributed by atoms with Gasteiger partial charge in [0.2, 0.25) is 0 Å². The minimum atomic E-state index is -1.37. The van der Waals surface area contributed by atoms with E-state index in [9.17, 15) is 14.9 Å². The molecule has 0 heterocycles. The molecule has 78 valence electrons. The number of carbonyl (C=O) groups is 1. The summed E-state index contributed by atoms with van der Waals surface area (Å²) in [6.45, 7) is 0. The van der Waals surface area contributed by atoms with Crippen molar-refractivity contribution in [3.8, 4) is 0 Å². The van der Waals surface area contributed by atoms with Crippen LogP contribution in [0.1, 0.15) is 15.9 Å². The Balaban J connectivity index is 3.48. The predicted molar refractivity (Wildman–Crippen MR) is 51.8 cm³/mol. The number of rotatable bonds is 3. The Bertz CT molecular complexity index is 442. The van der Waals surface area contributed by atoms with Crippen LogP contribution in [0.15, 0.2) is 23.3 Å². The first-order valence-corrected chi connectivity index (χ1v) is 3.82. The second-order valence-electron chi connectivity index (χ2n) is 2.58. The molecule has 3 N–H and O–H groups in total. The highest BCUT2D eigenvalue weighted by Crippen LogP contribution is 2.22. The summed E-state index contributed by atoms with van der Waals surface area (Å²) in [6, 6.07) is 3.89. The first-order valence-electron chi connectivity index (χ1n) is 3.82. The van der Waals surface area contributed by atoms with Crippen molar-refractivity contribution in [2.45, 2.75) is 0 Å². The van der Waals surface area contributed by atoms with Crippen LogP contribution in [0.3, 0.4) is 0 Å². The number of nitro groups is 1. The van der Waals surface area contributed by atoms with E-state index in [-0.39, 0.29) is 5.56 Å². The highest BCUT2D eigenvalue weighted by molar-refractivity contribution is 5.98. The van der Waals surface area contributed by atoms with Crippen LogP contribution in [0, 0.1) is 10.1 Å². The van der Waals surface area contributed by atoms with Crippen molar-refractivity contribution < 1.29 is 14.8 Å². The third-order valence-electron chi connectivity index (χ3n) is 1.69. The van der Waals surface area contributed by atoms with Crippen LogP contribution in [0.25, 0.3) is 0 Å². The zero-order valence-corrected chi connectivity index (χ0v) is 7.45. The Morgan fingerprint density at radius 1 is 1.60 bits per heavy atom. The number of hydrogen-bond acceptors (Lipinski definition) is 5. The van der Waals surface area contributed by atoms with Crippen molar-refractivity contribution in [2.75, 3.05) is 0 Å². The summed E-state index contributed by atoms with van der Waals surface area (Å²) in [5.41, 5.74) is -0.848. The Hall–Kier alpha value is -2.44. The van der Waals surface area contributed by atoms with Gasteiger partial charge in [-0.3, -0.25) is 10.1 Å². The fourth-order valence-electron chi connectivity index (χ4n) is 1.12. The van der Waals surface area contributed by atoms with Gasteiger partial charge in [-0.25, -0.2) is 4.79 Å². The molecule has 15 heavy (non-hydrogen) atoms. The molecule has 0 saturated carbocycles. The molecular weight excluding hydrogens is 202 g/mol. The lowest BCUT2D eigenvalue weighted by Gasteiger charge is -2.00. The minimum absolute atomic E-state index is 0.0578. The van der Waals surface area contributed by atoms with E-state index in [1.165, 1.54) is 12.1 Å². The largest absolute Gasteiger partial charge is 0.477 e. The normalized spacial score (nSPS) is 10.4. The second kappa shape index (κ2) is 4.18. The lowest BCUT2D eigenvalue weighted by molar-refractivity contribution is -0.385. The van der Waals surface area contributed by atoms with E-state index in [1.807, 2.05) is 0 Å². The molecular formula is C8H7N3O4. The average molecular weight is 209 g/mol. The summed E-state index contributed by atoms with van der Waals surface area (Å²) < 4.78 is 0. The molecule has 0 radical (unpaired) electrons. The first kappa shape index (κ1) is 10.6. The molecule has 1 aromatic carbocycles. The number of nitrogens with two attached hydrogens (primary N) is 1. The zero-order chi connectivity index (χ0) is 11.4. The van der Waals surface area contributed by atoms with Gasteiger partial charge in [0.15, 0.2) is 0 Å². The Labute approximate surface area is 84.0 Å². The van der Waals surface area contributed by atoms with Crippen LogP contribution < -0.4 is 5.84 Å². The van der Waals surface area contributed by atoms with E-state index >= 15 is 0 Å². The van der Waals surface area contributed by atoms with Crippen molar-refractivity contribution in [3.05, 3.63) is 39.4 Å². The van der Waals surface area contributed by atoms with E-state index in [4.69, 9.17) is 10.9 Å². The third kappa shape index (κ3) is 2.08. The number of hydrogen-bond donors (Lipinski definition) is 2. The number of nitro benzene ring substituents is 1. The van der Waals surface area contributed by atoms with E-state index < -0.39 is 22.1 Å². The molecule has 0 spiro atoms. The van der Waals surface area contributed by atoms with Crippen molar-refractivity contribution in [2.24, 2.45) is 10.9 Å². The zero-order valence-electron chi connectivity index (χ0n) is 7.45. The number of carboxylic acids is 1. The van der Waals surface area contributed by atoms with Crippen molar-refractivity contribution >= 4 is 17.9 Å². The van der Waals surface area contributed by atoms with Crippen LogP contribution in [0.4, 0.5) is 5.69 Å². The van der Waals surface area contributed by atoms with Gasteiger partial charge >= 0.3 is 5.97 Å². The van der Waals surface area contributed by atoms with Crippen LogP contribution >= 0.6 is 0 Å². The molecule has 7 nitrogen and oxygen atoms in total. The summed E-state index contributed by atoms with van der Waals surface area (Å²) in [5.74, 6) is 3.49. The van der Waals surface area contributed by atoms with Crippen LogP contribution in [-0.2, 0) is 0 Å². The Morgan fingerprint density at radius 3 is 2.73 bits per heavy atom. The average Bonchev–Trinajstić information content (AvgIpc) is 2.17. The SMILES string of the molecule is NN=Cc1cccc(C(=O)O)c1[N+](=O)[O-]. The van der Waals surface area contributed by atoms with Gasteiger partial charge in [-0.15, -0.1) is 0 Å². The van der Waals surface area contributed by atoms with Gasteiger partial charge in [-0.2, -0.15) is 5.10 Å². The molecule has 0 unspecified atom stereocenters. The standard InChI is InChI=1S/C8H7N3O4/c9-10-4-5-2-1-3-6(8(12)13)7(5)11(14)15/h1-4H,9H2,(H,12,13). The second-order valence-corrected chi connectivity index (χ2v) is 2.58. The molecule has 0 saturated heterocycles. The quantitative estimate of drug-likeness (QED) is 0.326. The van der Waals surface area contributed by atoms with Crippen LogP contribution in [0.2, 0.25) is 0 Å². The van der Waals surface area contributed by atoms with Gasteiger partial charge < -0.3 is 10.9 Å². The van der Waals surface area contributed by atoms with Crippen molar-refractivity contribution in [1.29, 1.82) is 0 Å². The fraction of sp³-hybridized carbons (Fsp3) is 0. The van der Waals surface area contributed by atoms with Gasteiger partial charge in [0, 0.05) is 0 Å². The lowest BCUT2D eigenvalue weighted by Crippen LogP contribution is -2.05. The molecule has 1 rings (SSSR count). The van der Waals surface area contributed by atoms with Gasteiger partial charge in [0.05, 0.1) is 16.7 Å². The monoisotopic (exact) mass is 209 g/mol. The Morgan fingerprint density at radius 2 is 2.27 bits per heavy atom. The number of carboxylic acid groups (broad SMARTS) is 1. The van der Waals surface area contributed by atoms with Gasteiger partial charge in [-0.05, 0) is 12.1 Å². The van der Waals surface area contributed by atoms with E-state index in [0.717, 1.165) is 12.3 Å². The van der Waals surface area contributed by atoms with E-state index in [0.29, 0.717) is 0 Å². The summed E-state index contributed by atoms with van der Waals surface area (Å²) in [5, 5.41) is 22.5. The molecule has 0 atom stereocenters. The van der Waals surface area contributed by atoms with E-state index in [2.05, 4.69) is 5.10 Å². The topological polar surface area (TPSA) is 119 Å². The maximum Gasteiger partial charge on any atom is 0.342 e. The third-order valence-corrected chi connectivity index (χ3v) is 1.69. The van der Waals surface area contributed by atoms with Crippen LogP contribution in [0.5, 0.6) is 0 Å². The molecule has 0 fully saturated rings. The first-order chi connectivity index (χ1) is 7.07. The molecule has 0 aromatic heterocycles. The number of benzene rings is 1. The summed E-state index contributed by atoms with van der Waals surface area (Å²) >= 11 is 0. The van der Waals surface area contributed by atoms with Crippen molar-refractivity contribution in [3.63, 3.8) is 0 Å². The molecule has 1 aromatic rings. The number of hydrazone groups is 1. The molecule has 0 aliphatic heterocycles. The van der Waals surface area contributed by atoms with Gasteiger partial charge in [-0.1, -0.05) is 6.07 Å². The molecule has 0 aliphatic carbocycles. The fourth-order valence-corrected chi connectivity index (χ4v) is 1.12. The molecule has 0 bridgehead atoms. The number of aromatic carboxylic acids is 1. The predicted octanol–water partition coefficient (Wildman–Crippen LogP) is 0.586. The summed E-state index contributed by atoms with van der Waals surface area (Å²) in [6.07, 6.45) is 1.03. The summed E-state index contributed by atoms with van der Waals surface area (Å²) in [7, 11) is 0. The van der Waals surface area contributed by atoms with E-state index in [1.54, 1.807) is 0 Å². The maximum atomic E-state index is 10.7. The van der Waals surface area contributed by atoms with Gasteiger partial charge in [0.1, 0.15) is 5.56 Å². The number of para-hydroxylation sites is 1. The number of nitrogens with zero attached hydrogens (tertiary/aromatic N) is 2. The highest BCUT2D eigenvalue weighted by atomic mass is 16.6. The maximum absolute atomic E-state index is 10.7. The van der Waals surface area contributed by atoms with Crippen molar-refractivity contribution in [1.82, 2.24) is 0 Å².